The maximum Gasteiger partial charge on any atom is 0.415 e. The highest BCUT2D eigenvalue weighted by Crippen LogP contribution is 2.34. The average molecular weight is 607 g/mol. The molecule has 1 amide bonds. The molecule has 0 spiro atoms. The van der Waals surface area contributed by atoms with Gasteiger partial charge in [0.2, 0.25) is 0 Å². The number of para-hydroxylation sites is 1. The van der Waals surface area contributed by atoms with Gasteiger partial charge in [0.25, 0.3) is 0 Å². The SMILES string of the molecule is CC(=O)C(C)(C)Oc1c(C)cc(CCC2CN(C(=O)Oc3ccccc3)CC2C(=O)c2ccc(Br)cc2)cc1C. The van der Waals surface area contributed by atoms with Gasteiger partial charge in [-0.25, -0.2) is 4.79 Å². The molecule has 0 aliphatic carbocycles. The predicted molar refractivity (Wildman–Crippen MR) is 159 cm³/mol. The van der Waals surface area contributed by atoms with E-state index in [4.69, 9.17) is 9.47 Å². The fourth-order valence-corrected chi connectivity index (χ4v) is 5.38. The van der Waals surface area contributed by atoms with Crippen molar-refractivity contribution in [3.8, 4) is 11.5 Å². The van der Waals surface area contributed by atoms with E-state index in [0.29, 0.717) is 24.4 Å². The summed E-state index contributed by atoms with van der Waals surface area (Å²) >= 11 is 3.43. The van der Waals surface area contributed by atoms with Gasteiger partial charge < -0.3 is 14.4 Å². The van der Waals surface area contributed by atoms with E-state index in [-0.39, 0.29) is 23.4 Å². The second-order valence-corrected chi connectivity index (χ2v) is 12.0. The topological polar surface area (TPSA) is 72.9 Å². The van der Waals surface area contributed by atoms with Gasteiger partial charge in [0.15, 0.2) is 17.2 Å². The molecule has 3 aromatic carbocycles. The Morgan fingerprint density at radius 2 is 1.57 bits per heavy atom. The monoisotopic (exact) mass is 605 g/mol. The number of hydrogen-bond donors (Lipinski definition) is 0. The lowest BCUT2D eigenvalue weighted by atomic mass is 9.84. The van der Waals surface area contributed by atoms with Crippen LogP contribution in [0.3, 0.4) is 0 Å². The normalized spacial score (nSPS) is 17.0. The van der Waals surface area contributed by atoms with Crippen molar-refractivity contribution in [3.05, 3.63) is 93.5 Å². The molecule has 0 bridgehead atoms. The molecule has 7 heteroatoms. The van der Waals surface area contributed by atoms with Gasteiger partial charge in [-0.2, -0.15) is 0 Å². The highest BCUT2D eigenvalue weighted by Gasteiger charge is 2.40. The molecular weight excluding hydrogens is 570 g/mol. The Morgan fingerprint density at radius 1 is 0.950 bits per heavy atom. The number of amides is 1. The first-order chi connectivity index (χ1) is 18.9. The third kappa shape index (κ3) is 7.00. The number of ether oxygens (including phenoxy) is 2. The zero-order valence-corrected chi connectivity index (χ0v) is 25.3. The molecule has 2 atom stereocenters. The number of hydrogen-bond acceptors (Lipinski definition) is 5. The molecule has 1 heterocycles. The number of ketones is 2. The lowest BCUT2D eigenvalue weighted by Crippen LogP contribution is -2.36. The fraction of sp³-hybridized carbons (Fsp3) is 0.364. The van der Waals surface area contributed by atoms with E-state index in [1.807, 2.05) is 56.3 Å². The van der Waals surface area contributed by atoms with Crippen LogP contribution >= 0.6 is 15.9 Å². The second kappa shape index (κ2) is 12.4. The summed E-state index contributed by atoms with van der Waals surface area (Å²) in [5.41, 5.74) is 2.79. The van der Waals surface area contributed by atoms with Crippen LogP contribution in [0.1, 0.15) is 54.2 Å². The minimum Gasteiger partial charge on any atom is -0.480 e. The van der Waals surface area contributed by atoms with Crippen molar-refractivity contribution in [2.75, 3.05) is 13.1 Å². The van der Waals surface area contributed by atoms with E-state index in [9.17, 15) is 14.4 Å². The first-order valence-corrected chi connectivity index (χ1v) is 14.4. The van der Waals surface area contributed by atoms with E-state index in [0.717, 1.165) is 39.8 Å². The first-order valence-electron chi connectivity index (χ1n) is 13.6. The molecule has 1 aliphatic rings. The van der Waals surface area contributed by atoms with Crippen molar-refractivity contribution in [3.63, 3.8) is 0 Å². The van der Waals surface area contributed by atoms with Crippen molar-refractivity contribution in [2.45, 2.75) is 53.1 Å². The van der Waals surface area contributed by atoms with Gasteiger partial charge >= 0.3 is 6.09 Å². The van der Waals surface area contributed by atoms with E-state index < -0.39 is 11.7 Å². The minimum atomic E-state index is -0.903. The first kappa shape index (κ1) is 29.5. The Balaban J connectivity index is 1.51. The Labute approximate surface area is 244 Å². The minimum absolute atomic E-state index is 0.0207. The number of carbonyl (C=O) groups is 3. The smallest absolute Gasteiger partial charge is 0.415 e. The van der Waals surface area contributed by atoms with Crippen molar-refractivity contribution >= 4 is 33.6 Å². The predicted octanol–water partition coefficient (Wildman–Crippen LogP) is 7.37. The molecule has 3 aromatic rings. The number of halogens is 1. The van der Waals surface area contributed by atoms with Gasteiger partial charge in [0.05, 0.1) is 0 Å². The van der Waals surface area contributed by atoms with E-state index >= 15 is 0 Å². The maximum absolute atomic E-state index is 13.6. The number of rotatable bonds is 9. The van der Waals surface area contributed by atoms with Gasteiger partial charge in [0.1, 0.15) is 11.5 Å². The van der Waals surface area contributed by atoms with Crippen molar-refractivity contribution < 1.29 is 23.9 Å². The summed E-state index contributed by atoms with van der Waals surface area (Å²) in [5.74, 6) is 0.859. The highest BCUT2D eigenvalue weighted by atomic mass is 79.9. The molecular formula is C33H36BrNO5. The Morgan fingerprint density at radius 3 is 2.17 bits per heavy atom. The molecule has 4 rings (SSSR count). The quantitative estimate of drug-likeness (QED) is 0.238. The summed E-state index contributed by atoms with van der Waals surface area (Å²) in [6.07, 6.45) is 1.04. The number of carbonyl (C=O) groups excluding carboxylic acids is 3. The molecule has 0 N–H and O–H groups in total. The van der Waals surface area contributed by atoms with Crippen LogP contribution in [0, 0.1) is 25.7 Å². The summed E-state index contributed by atoms with van der Waals surface area (Å²) in [6, 6.07) is 20.5. The van der Waals surface area contributed by atoms with Crippen LogP contribution in [-0.4, -0.2) is 41.3 Å². The van der Waals surface area contributed by atoms with Crippen LogP contribution in [0.5, 0.6) is 11.5 Å². The third-order valence-electron chi connectivity index (χ3n) is 7.64. The van der Waals surface area contributed by atoms with Gasteiger partial charge in [-0.05, 0) is 94.3 Å². The Kier molecular flexibility index (Phi) is 9.14. The number of aryl methyl sites for hydroxylation is 3. The maximum atomic E-state index is 13.6. The molecule has 210 valence electrons. The zero-order valence-electron chi connectivity index (χ0n) is 23.7. The van der Waals surface area contributed by atoms with Crippen molar-refractivity contribution in [1.82, 2.24) is 4.90 Å². The van der Waals surface area contributed by atoms with Gasteiger partial charge in [-0.15, -0.1) is 0 Å². The zero-order chi connectivity index (χ0) is 29.0. The molecule has 0 saturated carbocycles. The standard InChI is InChI=1S/C33H36BrNO5/c1-21-17-24(18-22(2)31(21)40-33(4,5)23(3)36)11-12-26-19-35(32(38)39-28-9-7-6-8-10-28)20-29(26)30(37)25-13-15-27(34)16-14-25/h6-10,13-18,26,29H,11-12,19-20H2,1-5H3. The lowest BCUT2D eigenvalue weighted by molar-refractivity contribution is -0.129. The summed E-state index contributed by atoms with van der Waals surface area (Å²) in [5, 5.41) is 0. The van der Waals surface area contributed by atoms with E-state index in [1.165, 1.54) is 6.92 Å². The van der Waals surface area contributed by atoms with Crippen LogP contribution in [0.25, 0.3) is 0 Å². The lowest BCUT2D eigenvalue weighted by Gasteiger charge is -2.26. The molecule has 1 saturated heterocycles. The third-order valence-corrected chi connectivity index (χ3v) is 8.17. The van der Waals surface area contributed by atoms with Crippen LogP contribution in [0.4, 0.5) is 4.79 Å². The number of benzene rings is 3. The molecule has 2 unspecified atom stereocenters. The fourth-order valence-electron chi connectivity index (χ4n) is 5.12. The molecule has 0 aromatic heterocycles. The number of likely N-dealkylation sites (tertiary alicyclic amines) is 1. The Bertz CT molecular complexity index is 1360. The van der Waals surface area contributed by atoms with Crippen LogP contribution in [0.15, 0.2) is 71.2 Å². The van der Waals surface area contributed by atoms with Gasteiger partial charge in [-0.3, -0.25) is 9.59 Å². The summed E-state index contributed by atoms with van der Waals surface area (Å²) in [6.45, 7) is 9.82. The summed E-state index contributed by atoms with van der Waals surface area (Å²) < 4.78 is 12.6. The van der Waals surface area contributed by atoms with Crippen molar-refractivity contribution in [2.24, 2.45) is 11.8 Å². The molecule has 40 heavy (non-hydrogen) atoms. The largest absolute Gasteiger partial charge is 0.480 e. The van der Waals surface area contributed by atoms with Crippen LogP contribution in [-0.2, 0) is 11.2 Å². The average Bonchev–Trinajstić information content (AvgIpc) is 3.34. The molecule has 0 radical (unpaired) electrons. The van der Waals surface area contributed by atoms with E-state index in [2.05, 4.69) is 28.1 Å². The second-order valence-electron chi connectivity index (χ2n) is 11.1. The molecule has 1 fully saturated rings. The van der Waals surface area contributed by atoms with Crippen LogP contribution < -0.4 is 9.47 Å². The summed E-state index contributed by atoms with van der Waals surface area (Å²) in [7, 11) is 0. The highest BCUT2D eigenvalue weighted by molar-refractivity contribution is 9.10. The number of nitrogens with zero attached hydrogens (tertiary/aromatic N) is 1. The van der Waals surface area contributed by atoms with Crippen molar-refractivity contribution in [1.29, 1.82) is 0 Å². The Hall–Kier alpha value is -3.45. The van der Waals surface area contributed by atoms with E-state index in [1.54, 1.807) is 30.9 Å². The number of Topliss-reactive ketones (excluding diaryl/α,β-unsaturated/α-hetero) is 2. The summed E-state index contributed by atoms with van der Waals surface area (Å²) in [4.78, 5) is 40.3. The molecule has 6 nitrogen and oxygen atoms in total. The molecule has 1 aliphatic heterocycles. The van der Waals surface area contributed by atoms with Gasteiger partial charge in [0, 0.05) is 29.0 Å². The van der Waals surface area contributed by atoms with Gasteiger partial charge in [-0.1, -0.05) is 58.4 Å². The van der Waals surface area contributed by atoms with Crippen LogP contribution in [0.2, 0.25) is 0 Å².